The molecule has 0 amide bonds. The van der Waals surface area contributed by atoms with E-state index in [1.54, 1.807) is 12.1 Å². The van der Waals surface area contributed by atoms with Gasteiger partial charge in [0.25, 0.3) is 0 Å². The number of hydrogen-bond acceptors (Lipinski definition) is 2. The van der Waals surface area contributed by atoms with Gasteiger partial charge in [0.1, 0.15) is 5.75 Å². The smallest absolute Gasteiger partial charge is 0.138 e. The molecule has 0 aliphatic carbocycles. The number of aromatic hydroxyl groups is 1. The van der Waals surface area contributed by atoms with E-state index in [1.807, 2.05) is 0 Å². The highest BCUT2D eigenvalue weighted by Crippen LogP contribution is 2.31. The minimum absolute atomic E-state index is 0.111. The van der Waals surface area contributed by atoms with E-state index in [2.05, 4.69) is 26.1 Å². The van der Waals surface area contributed by atoms with Crippen LogP contribution in [0.15, 0.2) is 12.1 Å². The SMILES string of the molecule is CC(C)CC(C)NCc1cc(Cl)cc(Cl)c1O. The van der Waals surface area contributed by atoms with E-state index in [9.17, 15) is 5.11 Å². The minimum atomic E-state index is 0.111. The Labute approximate surface area is 113 Å². The predicted octanol–water partition coefficient (Wildman–Crippen LogP) is 4.22. The molecule has 1 unspecified atom stereocenters. The summed E-state index contributed by atoms with van der Waals surface area (Å²) in [5, 5.41) is 14.0. The molecule has 0 heterocycles. The van der Waals surface area contributed by atoms with Crippen molar-refractivity contribution in [3.8, 4) is 5.75 Å². The zero-order valence-electron chi connectivity index (χ0n) is 10.4. The Morgan fingerprint density at radius 1 is 1.24 bits per heavy atom. The highest BCUT2D eigenvalue weighted by atomic mass is 35.5. The number of hydrogen-bond donors (Lipinski definition) is 2. The van der Waals surface area contributed by atoms with Gasteiger partial charge in [-0.25, -0.2) is 0 Å². The number of phenols is 1. The quantitative estimate of drug-likeness (QED) is 0.843. The average Bonchev–Trinajstić information content (AvgIpc) is 2.20. The van der Waals surface area contributed by atoms with Crippen molar-refractivity contribution in [1.82, 2.24) is 5.32 Å². The number of benzene rings is 1. The van der Waals surface area contributed by atoms with Crippen molar-refractivity contribution >= 4 is 23.2 Å². The van der Waals surface area contributed by atoms with Gasteiger partial charge in [0.2, 0.25) is 0 Å². The lowest BCUT2D eigenvalue weighted by Crippen LogP contribution is -2.26. The molecule has 0 aromatic heterocycles. The minimum Gasteiger partial charge on any atom is -0.506 e. The molecule has 4 heteroatoms. The molecule has 96 valence electrons. The molecule has 0 spiro atoms. The summed E-state index contributed by atoms with van der Waals surface area (Å²) in [6.07, 6.45) is 1.09. The van der Waals surface area contributed by atoms with E-state index in [1.165, 1.54) is 0 Å². The van der Waals surface area contributed by atoms with Crippen LogP contribution in [0.3, 0.4) is 0 Å². The average molecular weight is 276 g/mol. The zero-order valence-corrected chi connectivity index (χ0v) is 11.9. The summed E-state index contributed by atoms with van der Waals surface area (Å²) in [7, 11) is 0. The third kappa shape index (κ3) is 4.74. The van der Waals surface area contributed by atoms with Crippen LogP contribution in [-0.2, 0) is 6.54 Å². The van der Waals surface area contributed by atoms with Crippen molar-refractivity contribution in [3.05, 3.63) is 27.7 Å². The third-order valence-corrected chi connectivity index (χ3v) is 3.08. The second-order valence-electron chi connectivity index (χ2n) is 4.81. The lowest BCUT2D eigenvalue weighted by Gasteiger charge is -2.16. The standard InChI is InChI=1S/C13H19Cl2NO/c1-8(2)4-9(3)16-7-10-5-11(14)6-12(15)13(10)17/h5-6,8-9,16-17H,4,7H2,1-3H3. The fourth-order valence-electron chi connectivity index (χ4n) is 1.83. The van der Waals surface area contributed by atoms with Gasteiger partial charge < -0.3 is 10.4 Å². The van der Waals surface area contributed by atoms with E-state index < -0.39 is 0 Å². The van der Waals surface area contributed by atoms with Crippen molar-refractivity contribution in [3.63, 3.8) is 0 Å². The van der Waals surface area contributed by atoms with Crippen molar-refractivity contribution in [1.29, 1.82) is 0 Å². The maximum Gasteiger partial charge on any atom is 0.138 e. The van der Waals surface area contributed by atoms with Crippen molar-refractivity contribution in [2.24, 2.45) is 5.92 Å². The van der Waals surface area contributed by atoms with Crippen molar-refractivity contribution in [2.45, 2.75) is 39.8 Å². The van der Waals surface area contributed by atoms with Gasteiger partial charge in [-0.2, -0.15) is 0 Å². The summed E-state index contributed by atoms with van der Waals surface area (Å²) in [6, 6.07) is 3.67. The third-order valence-electron chi connectivity index (χ3n) is 2.57. The molecule has 0 aliphatic heterocycles. The zero-order chi connectivity index (χ0) is 13.0. The molecular weight excluding hydrogens is 257 g/mol. The predicted molar refractivity (Wildman–Crippen MR) is 73.9 cm³/mol. The molecule has 1 atom stereocenters. The van der Waals surface area contributed by atoms with Crippen LogP contribution >= 0.6 is 23.2 Å². The molecule has 2 nitrogen and oxygen atoms in total. The van der Waals surface area contributed by atoms with Crippen LogP contribution in [0.25, 0.3) is 0 Å². The summed E-state index contributed by atoms with van der Waals surface area (Å²) in [6.45, 7) is 7.07. The molecular formula is C13H19Cl2NO. The molecule has 1 rings (SSSR count). The Hall–Kier alpha value is -0.440. The molecule has 2 N–H and O–H groups in total. The first-order valence-corrected chi connectivity index (χ1v) is 6.56. The Morgan fingerprint density at radius 3 is 2.47 bits per heavy atom. The largest absolute Gasteiger partial charge is 0.506 e. The highest BCUT2D eigenvalue weighted by molar-refractivity contribution is 6.35. The maximum absolute atomic E-state index is 9.79. The Morgan fingerprint density at radius 2 is 1.88 bits per heavy atom. The Balaban J connectivity index is 2.63. The summed E-state index contributed by atoms with van der Waals surface area (Å²) < 4.78 is 0. The van der Waals surface area contributed by atoms with Crippen LogP contribution in [0.4, 0.5) is 0 Å². The lowest BCUT2D eigenvalue weighted by molar-refractivity contribution is 0.429. The molecule has 1 aromatic carbocycles. The fourth-order valence-corrected chi connectivity index (χ4v) is 2.36. The van der Waals surface area contributed by atoms with Gasteiger partial charge in [0.05, 0.1) is 5.02 Å². The fraction of sp³-hybridized carbons (Fsp3) is 0.538. The first kappa shape index (κ1) is 14.6. The van der Waals surface area contributed by atoms with E-state index >= 15 is 0 Å². The first-order valence-electron chi connectivity index (χ1n) is 5.80. The van der Waals surface area contributed by atoms with Gasteiger partial charge in [-0.3, -0.25) is 0 Å². The summed E-state index contributed by atoms with van der Waals surface area (Å²) in [5.74, 6) is 0.759. The molecule has 0 fully saturated rings. The summed E-state index contributed by atoms with van der Waals surface area (Å²) >= 11 is 11.8. The van der Waals surface area contributed by atoms with Gasteiger partial charge in [-0.15, -0.1) is 0 Å². The molecule has 0 bridgehead atoms. The molecule has 0 aliphatic rings. The van der Waals surface area contributed by atoms with Crippen LogP contribution in [0.5, 0.6) is 5.75 Å². The van der Waals surface area contributed by atoms with Crippen LogP contribution < -0.4 is 5.32 Å². The van der Waals surface area contributed by atoms with E-state index in [4.69, 9.17) is 23.2 Å². The monoisotopic (exact) mass is 275 g/mol. The topological polar surface area (TPSA) is 32.3 Å². The van der Waals surface area contributed by atoms with E-state index in [-0.39, 0.29) is 5.75 Å². The number of halogens is 2. The Kier molecular flexibility index (Phi) is 5.57. The van der Waals surface area contributed by atoms with Gasteiger partial charge in [-0.1, -0.05) is 37.0 Å². The normalized spacial score (nSPS) is 13.1. The molecule has 0 radical (unpaired) electrons. The van der Waals surface area contributed by atoms with Crippen molar-refractivity contribution < 1.29 is 5.11 Å². The van der Waals surface area contributed by atoms with E-state index in [0.29, 0.717) is 28.5 Å². The Bertz CT molecular complexity index is 380. The number of phenolic OH excluding ortho intramolecular Hbond substituents is 1. The second kappa shape index (κ2) is 6.48. The second-order valence-corrected chi connectivity index (χ2v) is 5.65. The van der Waals surface area contributed by atoms with Gasteiger partial charge in [0, 0.05) is 23.2 Å². The highest BCUT2D eigenvalue weighted by Gasteiger charge is 2.10. The molecule has 17 heavy (non-hydrogen) atoms. The number of nitrogens with one attached hydrogen (secondary N) is 1. The van der Waals surface area contributed by atoms with Gasteiger partial charge in [-0.05, 0) is 31.4 Å². The van der Waals surface area contributed by atoms with Crippen molar-refractivity contribution in [2.75, 3.05) is 0 Å². The van der Waals surface area contributed by atoms with Crippen LogP contribution in [0, 0.1) is 5.92 Å². The van der Waals surface area contributed by atoms with E-state index in [0.717, 1.165) is 12.0 Å². The summed E-state index contributed by atoms with van der Waals surface area (Å²) in [4.78, 5) is 0. The maximum atomic E-state index is 9.79. The molecule has 0 saturated heterocycles. The van der Waals surface area contributed by atoms with Crippen LogP contribution in [0.2, 0.25) is 10.0 Å². The molecule has 0 saturated carbocycles. The number of rotatable bonds is 5. The first-order chi connectivity index (χ1) is 7.90. The molecule has 1 aromatic rings. The van der Waals surface area contributed by atoms with Crippen LogP contribution in [-0.4, -0.2) is 11.1 Å². The lowest BCUT2D eigenvalue weighted by atomic mass is 10.0. The van der Waals surface area contributed by atoms with Gasteiger partial charge in [0.15, 0.2) is 0 Å². The van der Waals surface area contributed by atoms with Crippen LogP contribution in [0.1, 0.15) is 32.8 Å². The van der Waals surface area contributed by atoms with Gasteiger partial charge >= 0.3 is 0 Å². The summed E-state index contributed by atoms with van der Waals surface area (Å²) in [5.41, 5.74) is 0.734.